The molecular weight excluding hydrogens is 476 g/mol. The van der Waals surface area contributed by atoms with Crippen LogP contribution < -0.4 is 20.9 Å². The average Bonchev–Trinajstić information content (AvgIpc) is 3.49. The van der Waals surface area contributed by atoms with Crippen molar-refractivity contribution in [2.45, 2.75) is 45.7 Å². The lowest BCUT2D eigenvalue weighted by Gasteiger charge is -2.31. The van der Waals surface area contributed by atoms with Gasteiger partial charge >= 0.3 is 0 Å². The van der Waals surface area contributed by atoms with Crippen molar-refractivity contribution in [2.75, 3.05) is 18.0 Å². The Labute approximate surface area is 216 Å². The SMILES string of the molecule is Cc1ccccc1N(C(=O)CNC(=O)[C@@H](NC(=O)c1cnn(C)c1)C(C)C)[C@H](C=O)C[C@@H]1CCNC1=O. The van der Waals surface area contributed by atoms with Crippen LogP contribution >= 0.6 is 0 Å². The van der Waals surface area contributed by atoms with Crippen molar-refractivity contribution in [1.29, 1.82) is 0 Å². The van der Waals surface area contributed by atoms with E-state index in [1.807, 2.05) is 19.1 Å². The molecule has 11 nitrogen and oxygen atoms in total. The normalized spacial score (nSPS) is 16.6. The van der Waals surface area contributed by atoms with Crippen LogP contribution in [0, 0.1) is 18.8 Å². The van der Waals surface area contributed by atoms with Gasteiger partial charge in [0, 0.05) is 31.4 Å². The van der Waals surface area contributed by atoms with Crippen molar-refractivity contribution >= 4 is 35.6 Å². The Morgan fingerprint density at radius 3 is 2.57 bits per heavy atom. The summed E-state index contributed by atoms with van der Waals surface area (Å²) in [5.74, 6) is -2.25. The topological polar surface area (TPSA) is 142 Å². The Balaban J connectivity index is 1.75. The molecule has 1 aliphatic heterocycles. The predicted octanol–water partition coefficient (Wildman–Crippen LogP) is 0.726. The van der Waals surface area contributed by atoms with E-state index in [9.17, 15) is 24.0 Å². The van der Waals surface area contributed by atoms with E-state index in [1.165, 1.54) is 15.8 Å². The summed E-state index contributed by atoms with van der Waals surface area (Å²) in [5.41, 5.74) is 1.61. The third kappa shape index (κ3) is 6.81. The maximum absolute atomic E-state index is 13.4. The number of aryl methyl sites for hydroxylation is 2. The van der Waals surface area contributed by atoms with E-state index in [4.69, 9.17) is 0 Å². The van der Waals surface area contributed by atoms with Crippen molar-refractivity contribution < 1.29 is 24.0 Å². The summed E-state index contributed by atoms with van der Waals surface area (Å²) in [4.78, 5) is 64.7. The summed E-state index contributed by atoms with van der Waals surface area (Å²) >= 11 is 0. The minimum Gasteiger partial charge on any atom is -0.356 e. The summed E-state index contributed by atoms with van der Waals surface area (Å²) in [5, 5.41) is 12.0. The minimum absolute atomic E-state index is 0.138. The number of rotatable bonds is 11. The van der Waals surface area contributed by atoms with Gasteiger partial charge in [-0.1, -0.05) is 32.0 Å². The van der Waals surface area contributed by atoms with Gasteiger partial charge in [0.1, 0.15) is 12.3 Å². The summed E-state index contributed by atoms with van der Waals surface area (Å²) in [6.45, 7) is 5.53. The van der Waals surface area contributed by atoms with Gasteiger partial charge in [0.05, 0.1) is 24.3 Å². The molecule has 2 heterocycles. The molecule has 3 rings (SSSR count). The van der Waals surface area contributed by atoms with Crippen LogP contribution in [0.4, 0.5) is 5.69 Å². The van der Waals surface area contributed by atoms with Crippen molar-refractivity contribution in [3.63, 3.8) is 0 Å². The van der Waals surface area contributed by atoms with Crippen LogP contribution in [-0.2, 0) is 26.2 Å². The molecule has 0 radical (unpaired) electrons. The third-order valence-electron chi connectivity index (χ3n) is 6.44. The van der Waals surface area contributed by atoms with E-state index in [1.54, 1.807) is 39.2 Å². The second-order valence-corrected chi connectivity index (χ2v) is 9.58. The molecule has 0 aliphatic carbocycles. The van der Waals surface area contributed by atoms with Gasteiger partial charge in [-0.15, -0.1) is 0 Å². The summed E-state index contributed by atoms with van der Waals surface area (Å²) in [7, 11) is 1.68. The Hall–Kier alpha value is -4.02. The molecule has 3 atom stereocenters. The molecule has 1 aromatic heterocycles. The van der Waals surface area contributed by atoms with Crippen molar-refractivity contribution in [2.24, 2.45) is 18.9 Å². The molecule has 1 aromatic carbocycles. The molecule has 0 unspecified atom stereocenters. The van der Waals surface area contributed by atoms with E-state index in [0.717, 1.165) is 5.56 Å². The first kappa shape index (κ1) is 27.6. The molecule has 3 N–H and O–H groups in total. The Morgan fingerprint density at radius 1 is 1.27 bits per heavy atom. The lowest BCUT2D eigenvalue weighted by molar-refractivity contribution is -0.127. The monoisotopic (exact) mass is 510 g/mol. The first-order chi connectivity index (χ1) is 17.6. The van der Waals surface area contributed by atoms with E-state index in [-0.39, 0.29) is 30.7 Å². The Kier molecular flexibility index (Phi) is 9.15. The highest BCUT2D eigenvalue weighted by atomic mass is 16.2. The van der Waals surface area contributed by atoms with Gasteiger partial charge in [-0.3, -0.25) is 23.9 Å². The van der Waals surface area contributed by atoms with Crippen LogP contribution in [0.15, 0.2) is 36.7 Å². The van der Waals surface area contributed by atoms with Gasteiger partial charge in [0.2, 0.25) is 17.7 Å². The second-order valence-electron chi connectivity index (χ2n) is 9.58. The summed E-state index contributed by atoms with van der Waals surface area (Å²) in [6, 6.07) is 5.35. The number of nitrogens with one attached hydrogen (secondary N) is 3. The Morgan fingerprint density at radius 2 is 2.00 bits per heavy atom. The standard InChI is InChI=1S/C26H34N6O5/c1-16(2)23(30-25(36)19-12-29-31(4)14-19)26(37)28-13-22(34)32(21-8-6-5-7-17(21)3)20(15-33)11-18-9-10-27-24(18)35/h5-8,12,14-16,18,20,23H,9-11,13H2,1-4H3,(H,27,35)(H,28,37)(H,30,36)/t18-,20-,23-/m0/s1. The number of carbonyl (C=O) groups excluding carboxylic acids is 5. The van der Waals surface area contributed by atoms with Gasteiger partial charge in [0.25, 0.3) is 5.91 Å². The maximum atomic E-state index is 13.4. The minimum atomic E-state index is -0.892. The van der Waals surface area contributed by atoms with Crippen LogP contribution in [0.25, 0.3) is 0 Å². The lowest BCUT2D eigenvalue weighted by atomic mass is 9.97. The van der Waals surface area contributed by atoms with Crippen molar-refractivity contribution in [1.82, 2.24) is 25.7 Å². The number of anilines is 1. The molecule has 1 fully saturated rings. The molecule has 2 aromatic rings. The lowest BCUT2D eigenvalue weighted by Crippen LogP contribution is -2.53. The summed E-state index contributed by atoms with van der Waals surface area (Å²) in [6.07, 6.45) is 4.38. The molecular formula is C26H34N6O5. The van der Waals surface area contributed by atoms with Gasteiger partial charge in [-0.25, -0.2) is 0 Å². The number of hydrogen-bond acceptors (Lipinski definition) is 6. The number of carbonyl (C=O) groups is 5. The molecule has 1 saturated heterocycles. The largest absolute Gasteiger partial charge is 0.356 e. The number of amides is 4. The molecule has 1 aliphatic rings. The van der Waals surface area contributed by atoms with E-state index in [0.29, 0.717) is 30.5 Å². The van der Waals surface area contributed by atoms with Crippen molar-refractivity contribution in [3.8, 4) is 0 Å². The predicted molar refractivity (Wildman–Crippen MR) is 137 cm³/mol. The van der Waals surface area contributed by atoms with E-state index in [2.05, 4.69) is 21.0 Å². The van der Waals surface area contributed by atoms with E-state index < -0.39 is 29.8 Å². The maximum Gasteiger partial charge on any atom is 0.255 e. The Bertz CT molecular complexity index is 1160. The zero-order chi connectivity index (χ0) is 27.1. The molecule has 0 bridgehead atoms. The quantitative estimate of drug-likeness (QED) is 0.381. The average molecular weight is 511 g/mol. The smallest absolute Gasteiger partial charge is 0.255 e. The van der Waals surface area contributed by atoms with Crippen molar-refractivity contribution in [3.05, 3.63) is 47.8 Å². The fourth-order valence-corrected chi connectivity index (χ4v) is 4.37. The van der Waals surface area contributed by atoms with Gasteiger partial charge < -0.3 is 25.6 Å². The number of nitrogens with zero attached hydrogens (tertiary/aromatic N) is 3. The molecule has 0 saturated carbocycles. The molecule has 37 heavy (non-hydrogen) atoms. The molecule has 198 valence electrons. The van der Waals surface area contributed by atoms with Crippen LogP contribution in [0.3, 0.4) is 0 Å². The molecule has 11 heteroatoms. The fraction of sp³-hybridized carbons (Fsp3) is 0.462. The third-order valence-corrected chi connectivity index (χ3v) is 6.44. The van der Waals surface area contributed by atoms with Crippen LogP contribution in [0.1, 0.15) is 42.6 Å². The molecule has 0 spiro atoms. The van der Waals surface area contributed by atoms with Gasteiger partial charge in [0.15, 0.2) is 0 Å². The highest BCUT2D eigenvalue weighted by molar-refractivity contribution is 6.02. The highest BCUT2D eigenvalue weighted by Gasteiger charge is 2.34. The number of para-hydroxylation sites is 1. The number of hydrogen-bond donors (Lipinski definition) is 3. The first-order valence-electron chi connectivity index (χ1n) is 12.3. The first-order valence-corrected chi connectivity index (χ1v) is 12.3. The van der Waals surface area contributed by atoms with Crippen LogP contribution in [0.2, 0.25) is 0 Å². The second kappa shape index (κ2) is 12.3. The number of aldehydes is 1. The molecule has 4 amide bonds. The highest BCUT2D eigenvalue weighted by Crippen LogP contribution is 2.26. The number of benzene rings is 1. The van der Waals surface area contributed by atoms with Gasteiger partial charge in [-0.05, 0) is 37.3 Å². The zero-order valence-corrected chi connectivity index (χ0v) is 21.6. The fourth-order valence-electron chi connectivity index (χ4n) is 4.37. The van der Waals surface area contributed by atoms with Crippen LogP contribution in [-0.4, -0.2) is 64.9 Å². The van der Waals surface area contributed by atoms with Crippen LogP contribution in [0.5, 0.6) is 0 Å². The number of aromatic nitrogens is 2. The van der Waals surface area contributed by atoms with E-state index >= 15 is 0 Å². The zero-order valence-electron chi connectivity index (χ0n) is 21.6. The van der Waals surface area contributed by atoms with Gasteiger partial charge in [-0.2, -0.15) is 5.10 Å². The summed E-state index contributed by atoms with van der Waals surface area (Å²) < 4.78 is 1.48.